The molecule has 0 bridgehead atoms. The Balaban J connectivity index is 4.39. The van der Waals surface area contributed by atoms with Gasteiger partial charge in [0.2, 0.25) is 0 Å². The summed E-state index contributed by atoms with van der Waals surface area (Å²) in [5, 5.41) is 3.34. The quantitative estimate of drug-likeness (QED) is 0.652. The number of nitrogens with one attached hydrogen (secondary N) is 1. The van der Waals surface area contributed by atoms with E-state index in [9.17, 15) is 0 Å². The lowest BCUT2D eigenvalue weighted by Crippen LogP contribution is -2.45. The largest absolute Gasteiger partial charge is 0.318 e. The second-order valence-electron chi connectivity index (χ2n) is 5.74. The standard InChI is InChI=1S/C14H32N2/c1-7-8-14(9-15-6)16(10-12(2)3)11-13(4)5/h12-15H,7-11H2,1-6H3. The van der Waals surface area contributed by atoms with Crippen molar-refractivity contribution in [2.75, 3.05) is 26.7 Å². The third-order valence-corrected chi connectivity index (χ3v) is 2.78. The molecule has 0 aliphatic carbocycles. The molecule has 0 aromatic carbocycles. The number of likely N-dealkylation sites (N-methyl/N-ethyl adjacent to an activating group) is 1. The van der Waals surface area contributed by atoms with Crippen molar-refractivity contribution < 1.29 is 0 Å². The zero-order valence-corrected chi connectivity index (χ0v) is 12.2. The van der Waals surface area contributed by atoms with Crippen molar-refractivity contribution >= 4 is 0 Å². The van der Waals surface area contributed by atoms with Crippen LogP contribution < -0.4 is 5.32 Å². The zero-order chi connectivity index (χ0) is 12.6. The second-order valence-corrected chi connectivity index (χ2v) is 5.74. The van der Waals surface area contributed by atoms with Gasteiger partial charge in [0.1, 0.15) is 0 Å². The fourth-order valence-electron chi connectivity index (χ4n) is 2.29. The highest BCUT2D eigenvalue weighted by Crippen LogP contribution is 2.12. The van der Waals surface area contributed by atoms with E-state index in [0.29, 0.717) is 6.04 Å². The van der Waals surface area contributed by atoms with Crippen molar-refractivity contribution in [1.82, 2.24) is 10.2 Å². The van der Waals surface area contributed by atoms with Gasteiger partial charge in [0.05, 0.1) is 0 Å². The Hall–Kier alpha value is -0.0800. The Morgan fingerprint density at radius 2 is 1.50 bits per heavy atom. The van der Waals surface area contributed by atoms with Crippen LogP contribution in [0.25, 0.3) is 0 Å². The van der Waals surface area contributed by atoms with Crippen LogP contribution in [0.5, 0.6) is 0 Å². The van der Waals surface area contributed by atoms with E-state index in [-0.39, 0.29) is 0 Å². The molecule has 0 rings (SSSR count). The maximum absolute atomic E-state index is 3.34. The monoisotopic (exact) mass is 228 g/mol. The highest BCUT2D eigenvalue weighted by Gasteiger charge is 2.18. The third kappa shape index (κ3) is 7.24. The van der Waals surface area contributed by atoms with E-state index < -0.39 is 0 Å². The molecular formula is C14H32N2. The van der Waals surface area contributed by atoms with Gasteiger partial charge in [0.15, 0.2) is 0 Å². The van der Waals surface area contributed by atoms with Crippen LogP contribution in [0.1, 0.15) is 47.5 Å². The van der Waals surface area contributed by atoms with Crippen molar-refractivity contribution in [3.8, 4) is 0 Å². The predicted octanol–water partition coefficient (Wildman–Crippen LogP) is 2.99. The first-order chi connectivity index (χ1) is 7.51. The molecular weight excluding hydrogens is 196 g/mol. The Morgan fingerprint density at radius 1 is 1.00 bits per heavy atom. The number of nitrogens with zero attached hydrogens (tertiary/aromatic N) is 1. The van der Waals surface area contributed by atoms with Crippen molar-refractivity contribution in [2.45, 2.75) is 53.5 Å². The number of rotatable bonds is 9. The fraction of sp³-hybridized carbons (Fsp3) is 1.00. The van der Waals surface area contributed by atoms with Crippen LogP contribution in [0.2, 0.25) is 0 Å². The van der Waals surface area contributed by atoms with Crippen LogP contribution in [-0.2, 0) is 0 Å². The van der Waals surface area contributed by atoms with E-state index in [1.807, 2.05) is 0 Å². The van der Waals surface area contributed by atoms with Gasteiger partial charge in [-0.25, -0.2) is 0 Å². The molecule has 0 aromatic rings. The summed E-state index contributed by atoms with van der Waals surface area (Å²) in [4.78, 5) is 2.68. The minimum Gasteiger partial charge on any atom is -0.318 e. The van der Waals surface area contributed by atoms with E-state index in [2.05, 4.69) is 51.9 Å². The molecule has 1 unspecified atom stereocenters. The lowest BCUT2D eigenvalue weighted by atomic mass is 10.1. The summed E-state index contributed by atoms with van der Waals surface area (Å²) in [5.74, 6) is 1.52. The van der Waals surface area contributed by atoms with Crippen molar-refractivity contribution in [3.05, 3.63) is 0 Å². The van der Waals surface area contributed by atoms with E-state index in [0.717, 1.165) is 18.4 Å². The Bertz CT molecular complexity index is 139. The van der Waals surface area contributed by atoms with E-state index in [1.165, 1.54) is 25.9 Å². The van der Waals surface area contributed by atoms with Gasteiger partial charge in [-0.15, -0.1) is 0 Å². The van der Waals surface area contributed by atoms with E-state index >= 15 is 0 Å². The van der Waals surface area contributed by atoms with Crippen molar-refractivity contribution in [1.29, 1.82) is 0 Å². The highest BCUT2D eigenvalue weighted by atomic mass is 15.2. The average molecular weight is 228 g/mol. The minimum absolute atomic E-state index is 0.708. The maximum Gasteiger partial charge on any atom is 0.0220 e. The van der Waals surface area contributed by atoms with Crippen LogP contribution >= 0.6 is 0 Å². The summed E-state index contributed by atoms with van der Waals surface area (Å²) < 4.78 is 0. The van der Waals surface area contributed by atoms with E-state index in [1.54, 1.807) is 0 Å². The SMILES string of the molecule is CCCC(CNC)N(CC(C)C)CC(C)C. The Labute approximate surface area is 103 Å². The predicted molar refractivity (Wildman–Crippen MR) is 73.9 cm³/mol. The average Bonchev–Trinajstić information content (AvgIpc) is 2.15. The maximum atomic E-state index is 3.34. The van der Waals surface area contributed by atoms with Gasteiger partial charge in [0.25, 0.3) is 0 Å². The molecule has 0 heterocycles. The molecule has 0 aliphatic rings. The highest BCUT2D eigenvalue weighted by molar-refractivity contribution is 4.75. The van der Waals surface area contributed by atoms with Crippen LogP contribution in [0.4, 0.5) is 0 Å². The summed E-state index contributed by atoms with van der Waals surface area (Å²) in [7, 11) is 2.06. The first-order valence-electron chi connectivity index (χ1n) is 6.89. The fourth-order valence-corrected chi connectivity index (χ4v) is 2.29. The molecule has 1 N–H and O–H groups in total. The Morgan fingerprint density at radius 3 is 1.81 bits per heavy atom. The first-order valence-corrected chi connectivity index (χ1v) is 6.89. The van der Waals surface area contributed by atoms with Gasteiger partial charge < -0.3 is 5.32 Å². The van der Waals surface area contributed by atoms with Gasteiger partial charge in [-0.1, -0.05) is 41.0 Å². The molecule has 0 saturated heterocycles. The molecule has 0 aromatic heterocycles. The summed E-state index contributed by atoms with van der Waals surface area (Å²) in [6, 6.07) is 0.708. The van der Waals surface area contributed by atoms with Crippen LogP contribution in [0.15, 0.2) is 0 Å². The molecule has 0 fully saturated rings. The summed E-state index contributed by atoms with van der Waals surface area (Å²) >= 11 is 0. The normalized spacial score (nSPS) is 14.1. The summed E-state index contributed by atoms with van der Waals surface area (Å²) in [6.45, 7) is 15.1. The van der Waals surface area contributed by atoms with Crippen LogP contribution in [0, 0.1) is 11.8 Å². The molecule has 1 atom stereocenters. The van der Waals surface area contributed by atoms with E-state index in [4.69, 9.17) is 0 Å². The molecule has 2 nitrogen and oxygen atoms in total. The number of hydrogen-bond acceptors (Lipinski definition) is 2. The van der Waals surface area contributed by atoms with Crippen molar-refractivity contribution in [3.63, 3.8) is 0 Å². The number of hydrogen-bond donors (Lipinski definition) is 1. The van der Waals surface area contributed by atoms with Crippen LogP contribution in [-0.4, -0.2) is 37.6 Å². The Kier molecular flexibility index (Phi) is 8.96. The molecule has 0 amide bonds. The van der Waals surface area contributed by atoms with Gasteiger partial charge in [-0.2, -0.15) is 0 Å². The molecule has 0 spiro atoms. The minimum atomic E-state index is 0.708. The lowest BCUT2D eigenvalue weighted by Gasteiger charge is -2.34. The molecule has 0 radical (unpaired) electrons. The van der Waals surface area contributed by atoms with Gasteiger partial charge >= 0.3 is 0 Å². The zero-order valence-electron chi connectivity index (χ0n) is 12.2. The smallest absolute Gasteiger partial charge is 0.0220 e. The first kappa shape index (κ1) is 15.9. The summed E-state index contributed by atoms with van der Waals surface area (Å²) in [6.07, 6.45) is 2.58. The molecule has 2 heteroatoms. The molecule has 98 valence electrons. The molecule has 16 heavy (non-hydrogen) atoms. The molecule has 0 saturated carbocycles. The topological polar surface area (TPSA) is 15.3 Å². The van der Waals surface area contributed by atoms with Crippen molar-refractivity contribution in [2.24, 2.45) is 11.8 Å². The van der Waals surface area contributed by atoms with Gasteiger partial charge in [0, 0.05) is 25.7 Å². The second kappa shape index (κ2) is 9.00. The lowest BCUT2D eigenvalue weighted by molar-refractivity contribution is 0.146. The van der Waals surface area contributed by atoms with Crippen LogP contribution in [0.3, 0.4) is 0 Å². The van der Waals surface area contributed by atoms with Gasteiger partial charge in [-0.05, 0) is 25.3 Å². The molecule has 0 aliphatic heterocycles. The van der Waals surface area contributed by atoms with Gasteiger partial charge in [-0.3, -0.25) is 4.90 Å². The summed E-state index contributed by atoms with van der Waals surface area (Å²) in [5.41, 5.74) is 0. The third-order valence-electron chi connectivity index (χ3n) is 2.78.